The quantitative estimate of drug-likeness (QED) is 0.540. The number of ether oxygens (including phenoxy) is 2. The van der Waals surface area contributed by atoms with Gasteiger partial charge in [0.2, 0.25) is 0 Å². The van der Waals surface area contributed by atoms with Crippen LogP contribution in [0.2, 0.25) is 0 Å². The van der Waals surface area contributed by atoms with Crippen LogP contribution in [0.25, 0.3) is 0 Å². The lowest BCUT2D eigenvalue weighted by Crippen LogP contribution is -2.36. The molecule has 2 heterocycles. The van der Waals surface area contributed by atoms with E-state index in [4.69, 9.17) is 9.47 Å². The maximum absolute atomic E-state index is 13.1. The Morgan fingerprint density at radius 2 is 1.69 bits per heavy atom. The van der Waals surface area contributed by atoms with E-state index in [-0.39, 0.29) is 11.3 Å². The van der Waals surface area contributed by atoms with Crippen LogP contribution >= 0.6 is 0 Å². The van der Waals surface area contributed by atoms with Gasteiger partial charge in [-0.05, 0) is 43.5 Å². The number of rotatable bonds is 6. The maximum Gasteiger partial charge on any atom is 0.293 e. The van der Waals surface area contributed by atoms with Gasteiger partial charge in [0.1, 0.15) is 11.4 Å². The number of hydrogen-bond donors (Lipinski definition) is 1. The Hall–Kier alpha value is -3.33. The molecule has 2 aromatic carbocycles. The third-order valence-corrected chi connectivity index (χ3v) is 5.93. The highest BCUT2D eigenvalue weighted by molar-refractivity contribution is 6.07. The largest absolute Gasteiger partial charge is 0.497 e. The molecule has 0 aromatic heterocycles. The Labute approximate surface area is 187 Å². The minimum Gasteiger partial charge on any atom is -0.497 e. The molecule has 4 rings (SSSR count). The van der Waals surface area contributed by atoms with Gasteiger partial charge in [-0.2, -0.15) is 0 Å². The van der Waals surface area contributed by atoms with Crippen LogP contribution in [0.5, 0.6) is 5.75 Å². The van der Waals surface area contributed by atoms with Crippen molar-refractivity contribution in [2.45, 2.75) is 19.3 Å². The lowest BCUT2D eigenvalue weighted by Gasteiger charge is -2.30. The number of nitrogens with zero attached hydrogens (tertiary/aromatic N) is 3. The third-order valence-electron chi connectivity index (χ3n) is 5.93. The molecule has 2 aliphatic heterocycles. The fourth-order valence-corrected chi connectivity index (χ4v) is 4.23. The number of nitrogens with one attached hydrogen (secondary N) is 1. The molecule has 2 saturated heterocycles. The summed E-state index contributed by atoms with van der Waals surface area (Å²) in [5, 5.41) is 14.7. The second kappa shape index (κ2) is 9.86. The normalized spacial score (nSPS) is 16.5. The molecule has 0 unspecified atom stereocenters. The third kappa shape index (κ3) is 4.77. The number of nitro benzene ring substituents is 1. The van der Waals surface area contributed by atoms with Crippen molar-refractivity contribution in [3.8, 4) is 5.75 Å². The zero-order valence-electron chi connectivity index (χ0n) is 18.2. The van der Waals surface area contributed by atoms with E-state index < -0.39 is 10.8 Å². The van der Waals surface area contributed by atoms with E-state index in [1.807, 2.05) is 17.0 Å². The lowest BCUT2D eigenvalue weighted by atomic mass is 10.1. The van der Waals surface area contributed by atoms with E-state index in [0.29, 0.717) is 43.4 Å². The SMILES string of the molecule is COc1ccc(N2CCOCC2)c(NC(=O)c2ccc(N3CCCCC3)c([N+](=O)[O-])c2)c1. The van der Waals surface area contributed by atoms with Crippen LogP contribution in [-0.4, -0.2) is 57.3 Å². The number of methoxy groups -OCH3 is 1. The van der Waals surface area contributed by atoms with Crippen LogP contribution in [0.1, 0.15) is 29.6 Å². The monoisotopic (exact) mass is 440 g/mol. The number of piperidine rings is 1. The van der Waals surface area contributed by atoms with Crippen LogP contribution in [0, 0.1) is 10.1 Å². The Morgan fingerprint density at radius 3 is 2.38 bits per heavy atom. The number of morpholine rings is 1. The first-order valence-electron chi connectivity index (χ1n) is 10.9. The van der Waals surface area contributed by atoms with Gasteiger partial charge in [-0.25, -0.2) is 0 Å². The molecule has 0 spiro atoms. The topological polar surface area (TPSA) is 97.2 Å². The van der Waals surface area contributed by atoms with Gasteiger partial charge < -0.3 is 24.6 Å². The highest BCUT2D eigenvalue weighted by atomic mass is 16.6. The average molecular weight is 441 g/mol. The van der Waals surface area contributed by atoms with Crippen LogP contribution in [0.4, 0.5) is 22.7 Å². The molecule has 0 saturated carbocycles. The maximum atomic E-state index is 13.1. The Kier molecular flexibility index (Phi) is 6.75. The van der Waals surface area contributed by atoms with Gasteiger partial charge in [0, 0.05) is 43.9 Å². The molecular weight excluding hydrogens is 412 g/mol. The summed E-state index contributed by atoms with van der Waals surface area (Å²) in [6, 6.07) is 10.2. The van der Waals surface area contributed by atoms with E-state index in [1.54, 1.807) is 25.3 Å². The molecule has 1 amide bonds. The molecule has 0 atom stereocenters. The van der Waals surface area contributed by atoms with Gasteiger partial charge in [0.25, 0.3) is 11.6 Å². The Morgan fingerprint density at radius 1 is 1.00 bits per heavy atom. The first kappa shape index (κ1) is 21.9. The fraction of sp³-hybridized carbons (Fsp3) is 0.435. The highest BCUT2D eigenvalue weighted by Crippen LogP contribution is 2.34. The van der Waals surface area contributed by atoms with E-state index >= 15 is 0 Å². The molecule has 9 nitrogen and oxygen atoms in total. The highest BCUT2D eigenvalue weighted by Gasteiger charge is 2.24. The summed E-state index contributed by atoms with van der Waals surface area (Å²) < 4.78 is 10.8. The minimum atomic E-state index is -0.411. The first-order chi connectivity index (χ1) is 15.6. The Balaban J connectivity index is 1.61. The van der Waals surface area contributed by atoms with Crippen molar-refractivity contribution >= 4 is 28.7 Å². The molecule has 0 aliphatic carbocycles. The zero-order valence-corrected chi connectivity index (χ0v) is 18.2. The summed E-state index contributed by atoms with van der Waals surface area (Å²) >= 11 is 0. The molecule has 170 valence electrons. The van der Waals surface area contributed by atoms with Gasteiger partial charge >= 0.3 is 0 Å². The van der Waals surface area contributed by atoms with Crippen LogP contribution in [0.3, 0.4) is 0 Å². The first-order valence-corrected chi connectivity index (χ1v) is 10.9. The van der Waals surface area contributed by atoms with Gasteiger partial charge in [-0.15, -0.1) is 0 Å². The van der Waals surface area contributed by atoms with Gasteiger partial charge in [0.15, 0.2) is 0 Å². The standard InChI is InChI=1S/C23H28N4O5/c1-31-18-6-8-20(26-11-13-32-14-12-26)19(16-18)24-23(28)17-5-7-21(22(15-17)27(29)30)25-9-3-2-4-10-25/h5-8,15-16H,2-4,9-14H2,1H3,(H,24,28). The van der Waals surface area contributed by atoms with E-state index in [0.717, 1.165) is 38.0 Å². The van der Waals surface area contributed by atoms with Crippen LogP contribution < -0.4 is 19.9 Å². The number of carbonyl (C=O) groups excluding carboxylic acids is 1. The molecule has 9 heteroatoms. The molecule has 0 bridgehead atoms. The average Bonchev–Trinajstić information content (AvgIpc) is 2.84. The summed E-state index contributed by atoms with van der Waals surface area (Å²) in [4.78, 5) is 28.6. The van der Waals surface area contributed by atoms with Crippen molar-refractivity contribution in [1.29, 1.82) is 0 Å². The van der Waals surface area contributed by atoms with Gasteiger partial charge in [-0.3, -0.25) is 14.9 Å². The smallest absolute Gasteiger partial charge is 0.293 e. The van der Waals surface area contributed by atoms with Gasteiger partial charge in [0.05, 0.1) is 36.6 Å². The van der Waals surface area contributed by atoms with Crippen molar-refractivity contribution in [2.75, 3.05) is 61.6 Å². The van der Waals surface area contributed by atoms with E-state index in [9.17, 15) is 14.9 Å². The molecular formula is C23H28N4O5. The second-order valence-corrected chi connectivity index (χ2v) is 7.94. The predicted molar refractivity (Wildman–Crippen MR) is 123 cm³/mol. The Bertz CT molecular complexity index is 984. The zero-order chi connectivity index (χ0) is 22.5. The van der Waals surface area contributed by atoms with Crippen LogP contribution in [-0.2, 0) is 4.74 Å². The summed E-state index contributed by atoms with van der Waals surface area (Å²) in [6.45, 7) is 4.24. The van der Waals surface area contributed by atoms with Crippen LogP contribution in [0.15, 0.2) is 36.4 Å². The number of anilines is 3. The number of carbonyl (C=O) groups is 1. The summed E-state index contributed by atoms with van der Waals surface area (Å²) in [6.07, 6.45) is 3.16. The predicted octanol–water partition coefficient (Wildman–Crippen LogP) is 3.68. The molecule has 2 aliphatic rings. The van der Waals surface area contributed by atoms with Crippen molar-refractivity contribution in [2.24, 2.45) is 0 Å². The molecule has 2 aromatic rings. The number of benzene rings is 2. The van der Waals surface area contributed by atoms with E-state index in [2.05, 4.69) is 10.2 Å². The second-order valence-electron chi connectivity index (χ2n) is 7.94. The van der Waals surface area contributed by atoms with Crippen molar-refractivity contribution < 1.29 is 19.2 Å². The summed E-state index contributed by atoms with van der Waals surface area (Å²) in [7, 11) is 1.57. The van der Waals surface area contributed by atoms with Crippen molar-refractivity contribution in [3.05, 3.63) is 52.1 Å². The molecule has 2 fully saturated rings. The minimum absolute atomic E-state index is 0.0430. The summed E-state index contributed by atoms with van der Waals surface area (Å²) in [5.74, 6) is 0.213. The van der Waals surface area contributed by atoms with Crippen molar-refractivity contribution in [1.82, 2.24) is 0 Å². The fourth-order valence-electron chi connectivity index (χ4n) is 4.23. The van der Waals surface area contributed by atoms with Gasteiger partial charge in [-0.1, -0.05) is 0 Å². The summed E-state index contributed by atoms with van der Waals surface area (Å²) in [5.41, 5.74) is 2.23. The number of nitro groups is 1. The number of amides is 1. The molecule has 1 N–H and O–H groups in total. The lowest BCUT2D eigenvalue weighted by molar-refractivity contribution is -0.384. The van der Waals surface area contributed by atoms with Crippen molar-refractivity contribution in [3.63, 3.8) is 0 Å². The van der Waals surface area contributed by atoms with E-state index in [1.165, 1.54) is 6.07 Å². The number of hydrogen-bond acceptors (Lipinski definition) is 7. The molecule has 32 heavy (non-hydrogen) atoms. The molecule has 0 radical (unpaired) electrons.